The van der Waals surface area contributed by atoms with Crippen LogP contribution in [-0.2, 0) is 43.7 Å². The van der Waals surface area contributed by atoms with Gasteiger partial charge in [0.25, 0.3) is 0 Å². The smallest absolute Gasteiger partial charge is 0.135 e. The molecule has 8 aromatic carbocycles. The van der Waals surface area contributed by atoms with Crippen LogP contribution in [0.15, 0.2) is 182 Å². The molecule has 2 aliphatic rings. The summed E-state index contributed by atoms with van der Waals surface area (Å²) in [6.45, 7) is 22.8. The summed E-state index contributed by atoms with van der Waals surface area (Å²) < 4.78 is 104. The van der Waals surface area contributed by atoms with Gasteiger partial charge in [-0.2, -0.15) is 12.1 Å². The quantitative estimate of drug-likeness (QED) is 0.135. The molecule has 6 heteroatoms. The van der Waals surface area contributed by atoms with Gasteiger partial charge in [0.1, 0.15) is 5.82 Å². The molecular weight excluding hydrogens is 1120 g/mol. The summed E-state index contributed by atoms with van der Waals surface area (Å²) in [5.41, 5.74) is 7.30. The van der Waals surface area contributed by atoms with E-state index in [1.807, 2.05) is 134 Å². The zero-order valence-corrected chi connectivity index (χ0v) is 47.5. The molecule has 390 valence electrons. The summed E-state index contributed by atoms with van der Waals surface area (Å²) >= 11 is 0. The molecule has 0 bridgehead atoms. The van der Waals surface area contributed by atoms with E-state index >= 15 is 0 Å². The van der Waals surface area contributed by atoms with Gasteiger partial charge in [0.2, 0.25) is 0 Å². The topological polar surface area (TPSA) is 33.5 Å². The van der Waals surface area contributed by atoms with E-state index in [0.717, 1.165) is 41.6 Å². The van der Waals surface area contributed by atoms with Crippen LogP contribution in [0.1, 0.15) is 118 Å². The number of hydrogen-bond donors (Lipinski definition) is 0. The minimum atomic E-state index is -0.656. The van der Waals surface area contributed by atoms with Gasteiger partial charge >= 0.3 is 0 Å². The van der Waals surface area contributed by atoms with Crippen molar-refractivity contribution in [2.24, 2.45) is 5.41 Å². The van der Waals surface area contributed by atoms with E-state index in [4.69, 9.17) is 15.2 Å². The van der Waals surface area contributed by atoms with Crippen molar-refractivity contribution < 1.29 is 39.5 Å². The molecule has 0 spiro atoms. The Morgan fingerprint density at radius 3 is 2.03 bits per heavy atom. The molecule has 1 aliphatic carbocycles. The average molecular weight is 1200 g/mol. The number of para-hydroxylation sites is 4. The first-order valence-electron chi connectivity index (χ1n) is 31.2. The fourth-order valence-corrected chi connectivity index (χ4v) is 11.0. The first kappa shape index (κ1) is 41.0. The summed E-state index contributed by atoms with van der Waals surface area (Å²) in [6, 6.07) is 41.8. The standard InChI is InChI=1S/C71H67N4O.Pt/c1-68(2,3)45-47-36-39-72-66(40-47)75-62-27-15-14-24-57(62)58-34-32-53(44-65(58)75)76-52-23-18-22-51(43-52)73-46-74(64-29-17-16-28-63(64)73)67-55(49-30-33-54(48-20-12-11-13-21-48)60(41-49)69(4,5)6)25-19-26-56(67)50-31-35-59-61(42-50)71(9,10)38-37-70(59,7)8;/h11-36,39-42,46H,37-38,45H2,1-10H3;/q-3;/i14D,15D,24D,27D,30D,31D,33D,35D,41D,42D;. The predicted octanol–water partition coefficient (Wildman–Crippen LogP) is 19.2. The van der Waals surface area contributed by atoms with Crippen molar-refractivity contribution in [1.29, 1.82) is 0 Å². The maximum Gasteiger partial charge on any atom is 0.135 e. The first-order chi connectivity index (χ1) is 40.6. The molecule has 0 radical (unpaired) electrons. The van der Waals surface area contributed by atoms with Crippen LogP contribution in [0.25, 0.3) is 61.0 Å². The van der Waals surface area contributed by atoms with Crippen LogP contribution >= 0.6 is 0 Å². The molecular formula is C71H67N4OPt-3. The van der Waals surface area contributed by atoms with E-state index in [1.54, 1.807) is 29.0 Å². The summed E-state index contributed by atoms with van der Waals surface area (Å²) in [7, 11) is 0. The normalized spacial score (nSPS) is 16.6. The number of fused-ring (bicyclic) bond motifs is 5. The van der Waals surface area contributed by atoms with E-state index in [9.17, 15) is 8.22 Å². The van der Waals surface area contributed by atoms with Gasteiger partial charge < -0.3 is 19.1 Å². The van der Waals surface area contributed by atoms with E-state index < -0.39 is 16.2 Å². The van der Waals surface area contributed by atoms with Gasteiger partial charge in [-0.15, -0.1) is 48.1 Å². The van der Waals surface area contributed by atoms with Crippen LogP contribution in [0.3, 0.4) is 0 Å². The maximum atomic E-state index is 10.3. The van der Waals surface area contributed by atoms with Gasteiger partial charge in [0.05, 0.1) is 13.7 Å². The number of anilines is 4. The molecule has 2 aromatic heterocycles. The predicted molar refractivity (Wildman–Crippen MR) is 318 cm³/mol. The van der Waals surface area contributed by atoms with E-state index in [2.05, 4.69) is 60.6 Å². The third-order valence-corrected chi connectivity index (χ3v) is 14.9. The van der Waals surface area contributed by atoms with Crippen LogP contribution in [0, 0.1) is 24.2 Å². The SMILES string of the molecule is [2H]c1c([2H])c(-c2ccccc2)c(C(C)(C)C)c([2H])c1-c1cccc(-c2c([2H])c([2H])c3c(c2[2H])C(C)(C)CCC3(C)C)c1N1[CH-]N(c2[c-]c(Oc3[c-]c4c(cc3)c3c([2H])c([2H])c([2H])c([2H])c3n4-c3cc(CC(C)(C)C)ccn3)ccc2)c2ccccc21.[Pt]. The number of benzene rings is 8. The van der Waals surface area contributed by atoms with Crippen molar-refractivity contribution in [2.75, 3.05) is 9.80 Å². The average Bonchev–Trinajstić information content (AvgIpc) is 1.61. The van der Waals surface area contributed by atoms with Gasteiger partial charge in [-0.3, -0.25) is 0 Å². The summed E-state index contributed by atoms with van der Waals surface area (Å²) in [5.74, 6) is 1.10. The Morgan fingerprint density at radius 2 is 1.29 bits per heavy atom. The number of aromatic nitrogens is 2. The fourth-order valence-electron chi connectivity index (χ4n) is 11.0. The number of hydrogen-bond acceptors (Lipinski definition) is 4. The van der Waals surface area contributed by atoms with Crippen molar-refractivity contribution in [3.8, 4) is 50.7 Å². The van der Waals surface area contributed by atoms with Crippen LogP contribution in [-0.4, -0.2) is 9.55 Å². The molecule has 0 fully saturated rings. The largest absolute Gasteiger partial charge is 0.509 e. The molecule has 10 aromatic rings. The third-order valence-electron chi connectivity index (χ3n) is 14.9. The molecule has 12 rings (SSSR count). The fraction of sp³-hybridized carbons (Fsp3) is 0.239. The van der Waals surface area contributed by atoms with Crippen molar-refractivity contribution >= 4 is 44.6 Å². The molecule has 0 unspecified atom stereocenters. The van der Waals surface area contributed by atoms with E-state index in [1.165, 1.54) is 0 Å². The minimum absolute atomic E-state index is 0. The molecule has 0 N–H and O–H groups in total. The van der Waals surface area contributed by atoms with Crippen LogP contribution in [0.2, 0.25) is 0 Å². The van der Waals surface area contributed by atoms with E-state index in [0.29, 0.717) is 78.5 Å². The second kappa shape index (κ2) is 19.7. The molecule has 5 nitrogen and oxygen atoms in total. The maximum absolute atomic E-state index is 10.3. The molecule has 1 aliphatic heterocycles. The van der Waals surface area contributed by atoms with Crippen molar-refractivity contribution in [3.05, 3.63) is 223 Å². The van der Waals surface area contributed by atoms with Gasteiger partial charge in [0, 0.05) is 72.5 Å². The van der Waals surface area contributed by atoms with Crippen molar-refractivity contribution in [1.82, 2.24) is 9.55 Å². The molecule has 0 amide bonds. The Balaban J connectivity index is 0.00000784. The van der Waals surface area contributed by atoms with Gasteiger partial charge in [-0.25, -0.2) is 4.98 Å². The van der Waals surface area contributed by atoms with Crippen molar-refractivity contribution in [2.45, 2.75) is 105 Å². The summed E-state index contributed by atoms with van der Waals surface area (Å²) in [6.07, 6.45) is 4.04. The van der Waals surface area contributed by atoms with Gasteiger partial charge in [-0.05, 0) is 127 Å². The molecule has 0 saturated carbocycles. The Labute approximate surface area is 484 Å². The molecule has 0 saturated heterocycles. The summed E-state index contributed by atoms with van der Waals surface area (Å²) in [4.78, 5) is 8.69. The number of pyridine rings is 1. The Hall–Kier alpha value is -7.20. The zero-order chi connectivity index (χ0) is 61.4. The summed E-state index contributed by atoms with van der Waals surface area (Å²) in [5, 5.41) is 0.896. The monoisotopic (exact) mass is 1200 g/mol. The number of ether oxygens (including phenoxy) is 1. The number of rotatable bonds is 9. The minimum Gasteiger partial charge on any atom is -0.509 e. The van der Waals surface area contributed by atoms with Crippen LogP contribution in [0.5, 0.6) is 11.5 Å². The molecule has 3 heterocycles. The van der Waals surface area contributed by atoms with E-state index in [-0.39, 0.29) is 104 Å². The van der Waals surface area contributed by atoms with Crippen LogP contribution < -0.4 is 14.5 Å². The third kappa shape index (κ3) is 9.71. The van der Waals surface area contributed by atoms with Crippen LogP contribution in [0.4, 0.5) is 22.7 Å². The molecule has 77 heavy (non-hydrogen) atoms. The zero-order valence-electron chi connectivity index (χ0n) is 55.3. The Morgan fingerprint density at radius 1 is 0.623 bits per heavy atom. The van der Waals surface area contributed by atoms with Gasteiger partial charge in [0.15, 0.2) is 0 Å². The first-order valence-corrected chi connectivity index (χ1v) is 26.2. The van der Waals surface area contributed by atoms with Gasteiger partial charge in [-0.1, -0.05) is 184 Å². The Kier molecular flexibility index (Phi) is 10.5. The Bertz CT molecular complexity index is 4450. The molecule has 0 atom stereocenters. The second-order valence-corrected chi connectivity index (χ2v) is 23.8. The number of nitrogens with zero attached hydrogens (tertiary/aromatic N) is 4. The van der Waals surface area contributed by atoms with Crippen molar-refractivity contribution in [3.63, 3.8) is 0 Å². The second-order valence-electron chi connectivity index (χ2n) is 23.8.